The molecule has 1 saturated carbocycles. The summed E-state index contributed by atoms with van der Waals surface area (Å²) in [7, 11) is 1.60. The van der Waals surface area contributed by atoms with Gasteiger partial charge in [0.05, 0.1) is 12.1 Å². The van der Waals surface area contributed by atoms with Crippen molar-refractivity contribution in [3.05, 3.63) is 0 Å². The summed E-state index contributed by atoms with van der Waals surface area (Å²) in [6.07, 6.45) is -1.94. The van der Waals surface area contributed by atoms with Crippen molar-refractivity contribution >= 4 is 6.03 Å². The number of alkyl halides is 3. The fraction of sp³-hybridized carbons (Fsp3) is 0.929. The molecule has 1 saturated heterocycles. The number of hydrogen-bond donors (Lipinski definition) is 2. The van der Waals surface area contributed by atoms with Gasteiger partial charge in [0.1, 0.15) is 0 Å². The van der Waals surface area contributed by atoms with Crippen LogP contribution in [-0.2, 0) is 4.74 Å². The minimum atomic E-state index is -4.65. The fourth-order valence-corrected chi connectivity index (χ4v) is 3.16. The maximum Gasteiger partial charge on any atom is 0.417 e. The molecule has 0 aromatic heterocycles. The van der Waals surface area contributed by atoms with Crippen LogP contribution < -0.4 is 5.32 Å². The smallest absolute Gasteiger partial charge is 0.380 e. The lowest BCUT2D eigenvalue weighted by Gasteiger charge is -2.40. The summed E-state index contributed by atoms with van der Waals surface area (Å²) < 4.78 is 43.6. The van der Waals surface area contributed by atoms with E-state index < -0.39 is 24.6 Å². The average molecular weight is 324 g/mol. The molecule has 2 fully saturated rings. The topological polar surface area (TPSA) is 61.8 Å². The summed E-state index contributed by atoms with van der Waals surface area (Å²) in [5.41, 5.74) is -2.68. The van der Waals surface area contributed by atoms with Gasteiger partial charge in [0, 0.05) is 33.0 Å². The second kappa shape index (κ2) is 6.62. The van der Waals surface area contributed by atoms with Crippen molar-refractivity contribution in [1.29, 1.82) is 0 Å². The number of carbonyl (C=O) groups is 1. The number of amides is 2. The fourth-order valence-electron chi connectivity index (χ4n) is 3.16. The molecule has 1 aliphatic carbocycles. The van der Waals surface area contributed by atoms with Crippen LogP contribution in [0.15, 0.2) is 0 Å². The molecule has 2 N–H and O–H groups in total. The summed E-state index contributed by atoms with van der Waals surface area (Å²) in [5, 5.41) is 12.5. The Labute approximate surface area is 127 Å². The highest BCUT2D eigenvalue weighted by atomic mass is 19.4. The van der Waals surface area contributed by atoms with E-state index in [9.17, 15) is 23.1 Å². The number of nitrogens with one attached hydrogen (secondary N) is 1. The number of methoxy groups -OCH3 is 1. The Hall–Kier alpha value is -1.02. The SMILES string of the molecule is CO[C@@H]1CCCC[C@H]1NC(=O)N1CCC(O)(C(F)(F)F)CC1. The molecule has 1 aliphatic heterocycles. The lowest BCUT2D eigenvalue weighted by atomic mass is 9.90. The predicted octanol–water partition coefficient (Wildman–Crippen LogP) is 2.04. The number of hydrogen-bond acceptors (Lipinski definition) is 3. The highest BCUT2D eigenvalue weighted by molar-refractivity contribution is 5.74. The molecule has 2 aliphatic rings. The number of piperidine rings is 1. The normalized spacial score (nSPS) is 29.2. The van der Waals surface area contributed by atoms with Crippen LogP contribution in [0.4, 0.5) is 18.0 Å². The van der Waals surface area contributed by atoms with Crippen molar-refractivity contribution in [3.63, 3.8) is 0 Å². The molecule has 0 unspecified atom stereocenters. The van der Waals surface area contributed by atoms with E-state index in [2.05, 4.69) is 5.32 Å². The molecule has 2 amide bonds. The zero-order chi connectivity index (χ0) is 16.4. The van der Waals surface area contributed by atoms with Gasteiger partial charge in [-0.3, -0.25) is 0 Å². The van der Waals surface area contributed by atoms with E-state index in [0.717, 1.165) is 25.7 Å². The molecule has 0 bridgehead atoms. The Morgan fingerprint density at radius 3 is 2.41 bits per heavy atom. The van der Waals surface area contributed by atoms with Crippen molar-refractivity contribution in [2.24, 2.45) is 0 Å². The van der Waals surface area contributed by atoms with E-state index in [1.807, 2.05) is 0 Å². The first kappa shape index (κ1) is 17.3. The van der Waals surface area contributed by atoms with E-state index in [4.69, 9.17) is 4.74 Å². The molecule has 5 nitrogen and oxygen atoms in total. The van der Waals surface area contributed by atoms with Gasteiger partial charge in [-0.2, -0.15) is 13.2 Å². The Balaban J connectivity index is 1.87. The third-order valence-electron chi connectivity index (χ3n) is 4.72. The maximum atomic E-state index is 12.7. The zero-order valence-electron chi connectivity index (χ0n) is 12.7. The average Bonchev–Trinajstić information content (AvgIpc) is 2.47. The first-order valence-electron chi connectivity index (χ1n) is 7.64. The molecular weight excluding hydrogens is 301 g/mol. The number of likely N-dealkylation sites (tertiary alicyclic amines) is 1. The number of urea groups is 1. The lowest BCUT2D eigenvalue weighted by molar-refractivity contribution is -0.271. The second-order valence-corrected chi connectivity index (χ2v) is 6.13. The van der Waals surface area contributed by atoms with E-state index >= 15 is 0 Å². The molecule has 2 rings (SSSR count). The van der Waals surface area contributed by atoms with Crippen molar-refractivity contribution in [2.45, 2.75) is 62.4 Å². The molecule has 0 aromatic carbocycles. The third kappa shape index (κ3) is 3.65. The number of carbonyl (C=O) groups excluding carboxylic acids is 1. The van der Waals surface area contributed by atoms with Crippen LogP contribution in [0.1, 0.15) is 38.5 Å². The monoisotopic (exact) mass is 324 g/mol. The predicted molar refractivity (Wildman–Crippen MR) is 73.4 cm³/mol. The second-order valence-electron chi connectivity index (χ2n) is 6.13. The summed E-state index contributed by atoms with van der Waals surface area (Å²) in [6, 6.07) is -0.479. The summed E-state index contributed by atoms with van der Waals surface area (Å²) >= 11 is 0. The number of aliphatic hydroxyl groups is 1. The van der Waals surface area contributed by atoms with Crippen molar-refractivity contribution in [1.82, 2.24) is 10.2 Å². The molecule has 0 aromatic rings. The van der Waals surface area contributed by atoms with Gasteiger partial charge in [0.25, 0.3) is 0 Å². The number of ether oxygens (including phenoxy) is 1. The van der Waals surface area contributed by atoms with Gasteiger partial charge < -0.3 is 20.1 Å². The summed E-state index contributed by atoms with van der Waals surface area (Å²) in [4.78, 5) is 13.5. The standard InChI is InChI=1S/C14H23F3N2O3/c1-22-11-5-3-2-4-10(11)18-12(20)19-8-6-13(21,7-9-19)14(15,16)17/h10-11,21H,2-9H2,1H3,(H,18,20)/t10-,11-/m1/s1. The highest BCUT2D eigenvalue weighted by Gasteiger charge is 2.55. The minimum Gasteiger partial charge on any atom is -0.380 e. The molecule has 0 radical (unpaired) electrons. The molecule has 1 heterocycles. The van der Waals surface area contributed by atoms with E-state index in [0.29, 0.717) is 0 Å². The van der Waals surface area contributed by atoms with Gasteiger partial charge in [-0.15, -0.1) is 0 Å². The molecular formula is C14H23F3N2O3. The van der Waals surface area contributed by atoms with Gasteiger partial charge in [-0.25, -0.2) is 4.79 Å². The number of halogens is 3. The molecule has 2 atom stereocenters. The first-order chi connectivity index (χ1) is 10.3. The van der Waals surface area contributed by atoms with Crippen molar-refractivity contribution < 1.29 is 27.8 Å². The number of nitrogens with zero attached hydrogens (tertiary/aromatic N) is 1. The summed E-state index contributed by atoms with van der Waals surface area (Å²) in [6.45, 7) is -0.210. The Morgan fingerprint density at radius 1 is 1.27 bits per heavy atom. The minimum absolute atomic E-state index is 0.0467. The van der Waals surface area contributed by atoms with Gasteiger partial charge in [-0.05, 0) is 12.8 Å². The summed E-state index contributed by atoms with van der Waals surface area (Å²) in [5.74, 6) is 0. The molecule has 0 spiro atoms. The Bertz CT molecular complexity index is 395. The van der Waals surface area contributed by atoms with Crippen LogP contribution in [0, 0.1) is 0 Å². The van der Waals surface area contributed by atoms with Gasteiger partial charge in [0.15, 0.2) is 5.60 Å². The molecule has 8 heteroatoms. The van der Waals surface area contributed by atoms with E-state index in [-0.39, 0.29) is 31.3 Å². The van der Waals surface area contributed by atoms with Gasteiger partial charge in [0.2, 0.25) is 0 Å². The lowest BCUT2D eigenvalue weighted by Crippen LogP contribution is -2.57. The largest absolute Gasteiger partial charge is 0.417 e. The third-order valence-corrected chi connectivity index (χ3v) is 4.72. The van der Waals surface area contributed by atoms with E-state index in [1.54, 1.807) is 7.11 Å². The van der Waals surface area contributed by atoms with Crippen LogP contribution >= 0.6 is 0 Å². The number of rotatable bonds is 2. The van der Waals surface area contributed by atoms with E-state index in [1.165, 1.54) is 4.90 Å². The van der Waals surface area contributed by atoms with Crippen LogP contribution in [0.25, 0.3) is 0 Å². The van der Waals surface area contributed by atoms with Crippen LogP contribution in [-0.4, -0.2) is 60.2 Å². The maximum absolute atomic E-state index is 12.7. The van der Waals surface area contributed by atoms with Gasteiger partial charge >= 0.3 is 12.2 Å². The van der Waals surface area contributed by atoms with Crippen LogP contribution in [0.3, 0.4) is 0 Å². The first-order valence-corrected chi connectivity index (χ1v) is 7.64. The quantitative estimate of drug-likeness (QED) is 0.817. The molecule has 128 valence electrons. The zero-order valence-corrected chi connectivity index (χ0v) is 12.7. The Kier molecular flexibility index (Phi) is 5.21. The van der Waals surface area contributed by atoms with Gasteiger partial charge in [-0.1, -0.05) is 12.8 Å². The van der Waals surface area contributed by atoms with Crippen LogP contribution in [0.2, 0.25) is 0 Å². The van der Waals surface area contributed by atoms with Crippen LogP contribution in [0.5, 0.6) is 0 Å². The van der Waals surface area contributed by atoms with Crippen molar-refractivity contribution in [3.8, 4) is 0 Å². The molecule has 22 heavy (non-hydrogen) atoms. The Morgan fingerprint density at radius 2 is 1.86 bits per heavy atom. The highest BCUT2D eigenvalue weighted by Crippen LogP contribution is 2.38. The van der Waals surface area contributed by atoms with Crippen molar-refractivity contribution in [2.75, 3.05) is 20.2 Å².